The highest BCUT2D eigenvalue weighted by Gasteiger charge is 2.24. The van der Waals surface area contributed by atoms with Crippen LogP contribution in [0.5, 0.6) is 0 Å². The van der Waals surface area contributed by atoms with Crippen molar-refractivity contribution in [3.8, 4) is 10.7 Å². The molecule has 1 fully saturated rings. The van der Waals surface area contributed by atoms with Gasteiger partial charge in [0.25, 0.3) is 0 Å². The van der Waals surface area contributed by atoms with E-state index in [1.54, 1.807) is 11.3 Å². The van der Waals surface area contributed by atoms with Crippen molar-refractivity contribution in [2.24, 2.45) is 0 Å². The third-order valence-electron chi connectivity index (χ3n) is 3.78. The number of hydrogen-bond donors (Lipinski definition) is 0. The van der Waals surface area contributed by atoms with Crippen LogP contribution in [0.25, 0.3) is 10.7 Å². The highest BCUT2D eigenvalue weighted by molar-refractivity contribution is 7.13. The Morgan fingerprint density at radius 2 is 2.00 bits per heavy atom. The van der Waals surface area contributed by atoms with Crippen molar-refractivity contribution < 1.29 is 0 Å². The Hall–Kier alpha value is -1.33. The van der Waals surface area contributed by atoms with Gasteiger partial charge in [0.15, 0.2) is 0 Å². The van der Waals surface area contributed by atoms with Crippen LogP contribution in [-0.4, -0.2) is 33.4 Å². The van der Waals surface area contributed by atoms with Crippen molar-refractivity contribution in [1.29, 1.82) is 0 Å². The molecule has 0 radical (unpaired) electrons. The molecule has 1 aliphatic heterocycles. The standard InChI is InChI=1S/C15H20N4S/c1-10-8-12(15-17-11(2)9-20-15)18-14(16-10)13-6-4-5-7-19(13)3/h8-9,13H,4-7H2,1-3H3/t13-/m1/s1. The summed E-state index contributed by atoms with van der Waals surface area (Å²) in [6.07, 6.45) is 3.69. The van der Waals surface area contributed by atoms with E-state index in [2.05, 4.69) is 27.3 Å². The van der Waals surface area contributed by atoms with Crippen molar-refractivity contribution in [2.45, 2.75) is 39.2 Å². The second-order valence-electron chi connectivity index (χ2n) is 5.54. The molecule has 0 spiro atoms. The van der Waals surface area contributed by atoms with Crippen molar-refractivity contribution in [3.63, 3.8) is 0 Å². The SMILES string of the molecule is Cc1cc(-c2nc(C)cs2)nc([C@H]2CCCCN2C)n1. The molecule has 0 bridgehead atoms. The van der Waals surface area contributed by atoms with E-state index in [1.165, 1.54) is 12.8 Å². The maximum Gasteiger partial charge on any atom is 0.146 e. The molecule has 20 heavy (non-hydrogen) atoms. The lowest BCUT2D eigenvalue weighted by molar-refractivity contribution is 0.179. The monoisotopic (exact) mass is 288 g/mol. The van der Waals surface area contributed by atoms with Gasteiger partial charge in [-0.15, -0.1) is 11.3 Å². The van der Waals surface area contributed by atoms with E-state index in [9.17, 15) is 0 Å². The smallest absolute Gasteiger partial charge is 0.146 e. The van der Waals surface area contributed by atoms with Crippen molar-refractivity contribution in [2.75, 3.05) is 13.6 Å². The zero-order valence-electron chi connectivity index (χ0n) is 12.3. The van der Waals surface area contributed by atoms with E-state index in [1.807, 2.05) is 19.9 Å². The fourth-order valence-corrected chi connectivity index (χ4v) is 3.48. The maximum absolute atomic E-state index is 4.79. The van der Waals surface area contributed by atoms with Gasteiger partial charge in [-0.25, -0.2) is 15.0 Å². The van der Waals surface area contributed by atoms with Crippen LogP contribution in [0.3, 0.4) is 0 Å². The van der Waals surface area contributed by atoms with Crippen LogP contribution in [0.4, 0.5) is 0 Å². The van der Waals surface area contributed by atoms with Gasteiger partial charge in [0.05, 0.1) is 6.04 Å². The summed E-state index contributed by atoms with van der Waals surface area (Å²) < 4.78 is 0. The van der Waals surface area contributed by atoms with E-state index >= 15 is 0 Å². The first-order chi connectivity index (χ1) is 9.63. The number of hydrogen-bond acceptors (Lipinski definition) is 5. The Morgan fingerprint density at radius 1 is 1.15 bits per heavy atom. The Balaban J connectivity index is 1.98. The average molecular weight is 288 g/mol. The second-order valence-corrected chi connectivity index (χ2v) is 6.40. The first kappa shape index (κ1) is 13.6. The van der Waals surface area contributed by atoms with Crippen LogP contribution in [0.2, 0.25) is 0 Å². The first-order valence-electron chi connectivity index (χ1n) is 7.12. The van der Waals surface area contributed by atoms with Crippen LogP contribution >= 0.6 is 11.3 Å². The molecule has 106 valence electrons. The summed E-state index contributed by atoms with van der Waals surface area (Å²) in [5, 5.41) is 3.06. The Kier molecular flexibility index (Phi) is 3.81. The van der Waals surface area contributed by atoms with Gasteiger partial charge >= 0.3 is 0 Å². The summed E-state index contributed by atoms with van der Waals surface area (Å²) in [6, 6.07) is 2.38. The average Bonchev–Trinajstić information content (AvgIpc) is 2.85. The van der Waals surface area contributed by atoms with E-state index in [-0.39, 0.29) is 0 Å². The molecule has 1 aliphatic rings. The third kappa shape index (κ3) is 2.74. The van der Waals surface area contributed by atoms with Gasteiger partial charge in [-0.1, -0.05) is 6.42 Å². The minimum Gasteiger partial charge on any atom is -0.296 e. The quantitative estimate of drug-likeness (QED) is 0.849. The number of rotatable bonds is 2. The molecule has 0 amide bonds. The third-order valence-corrected chi connectivity index (χ3v) is 4.76. The molecule has 1 saturated heterocycles. The van der Waals surface area contributed by atoms with Crippen molar-refractivity contribution in [3.05, 3.63) is 28.7 Å². The molecule has 1 atom stereocenters. The second kappa shape index (κ2) is 5.58. The van der Waals surface area contributed by atoms with Crippen molar-refractivity contribution >= 4 is 11.3 Å². The summed E-state index contributed by atoms with van der Waals surface area (Å²) in [5.74, 6) is 0.954. The number of likely N-dealkylation sites (tertiary alicyclic amines) is 1. The van der Waals surface area contributed by atoms with Gasteiger partial charge in [0.1, 0.15) is 16.5 Å². The molecule has 5 heteroatoms. The summed E-state index contributed by atoms with van der Waals surface area (Å²) in [7, 11) is 2.17. The Morgan fingerprint density at radius 3 is 2.70 bits per heavy atom. The van der Waals surface area contributed by atoms with Crippen LogP contribution in [0.1, 0.15) is 42.5 Å². The molecular weight excluding hydrogens is 268 g/mol. The van der Waals surface area contributed by atoms with Gasteiger partial charge < -0.3 is 0 Å². The maximum atomic E-state index is 4.79. The topological polar surface area (TPSA) is 41.9 Å². The number of nitrogens with zero attached hydrogens (tertiary/aromatic N) is 4. The predicted molar refractivity (Wildman–Crippen MR) is 81.8 cm³/mol. The highest BCUT2D eigenvalue weighted by atomic mass is 32.1. The van der Waals surface area contributed by atoms with Crippen LogP contribution < -0.4 is 0 Å². The lowest BCUT2D eigenvalue weighted by Gasteiger charge is -2.31. The molecule has 3 rings (SSSR count). The van der Waals surface area contributed by atoms with E-state index in [0.29, 0.717) is 6.04 Å². The molecule has 0 unspecified atom stereocenters. The Bertz CT molecular complexity index is 608. The molecule has 2 aromatic rings. The summed E-state index contributed by atoms with van der Waals surface area (Å²) in [4.78, 5) is 16.4. The molecule has 0 aromatic carbocycles. The van der Waals surface area contributed by atoms with Gasteiger partial charge in [-0.3, -0.25) is 4.90 Å². The summed E-state index contributed by atoms with van der Waals surface area (Å²) in [5.41, 5.74) is 3.04. The normalized spacial score (nSPS) is 20.2. The van der Waals surface area contributed by atoms with E-state index in [4.69, 9.17) is 4.98 Å². The van der Waals surface area contributed by atoms with Gasteiger partial charge in [-0.05, 0) is 46.3 Å². The first-order valence-corrected chi connectivity index (χ1v) is 8.00. The number of aryl methyl sites for hydroxylation is 2. The van der Waals surface area contributed by atoms with Crippen LogP contribution in [0.15, 0.2) is 11.4 Å². The fourth-order valence-electron chi connectivity index (χ4n) is 2.72. The van der Waals surface area contributed by atoms with E-state index in [0.717, 1.165) is 40.9 Å². The zero-order chi connectivity index (χ0) is 14.1. The van der Waals surface area contributed by atoms with Crippen LogP contribution in [-0.2, 0) is 0 Å². The summed E-state index contributed by atoms with van der Waals surface area (Å²) in [6.45, 7) is 5.19. The number of thiazole rings is 1. The fraction of sp³-hybridized carbons (Fsp3) is 0.533. The molecule has 0 aliphatic carbocycles. The van der Waals surface area contributed by atoms with Gasteiger partial charge in [0.2, 0.25) is 0 Å². The molecular formula is C15H20N4S. The highest BCUT2D eigenvalue weighted by Crippen LogP contribution is 2.29. The molecule has 3 heterocycles. The molecule has 0 saturated carbocycles. The predicted octanol–water partition coefficient (Wildman–Crippen LogP) is 3.37. The number of piperidine rings is 1. The Labute approximate surface area is 123 Å². The lowest BCUT2D eigenvalue weighted by Crippen LogP contribution is -2.31. The lowest BCUT2D eigenvalue weighted by atomic mass is 10.0. The van der Waals surface area contributed by atoms with Gasteiger partial charge in [-0.2, -0.15) is 0 Å². The van der Waals surface area contributed by atoms with Gasteiger partial charge in [0, 0.05) is 16.8 Å². The summed E-state index contributed by atoms with van der Waals surface area (Å²) >= 11 is 1.65. The zero-order valence-corrected chi connectivity index (χ0v) is 13.1. The van der Waals surface area contributed by atoms with Crippen LogP contribution in [0, 0.1) is 13.8 Å². The van der Waals surface area contributed by atoms with Crippen molar-refractivity contribution in [1.82, 2.24) is 19.9 Å². The number of aromatic nitrogens is 3. The minimum absolute atomic E-state index is 0.350. The molecule has 2 aromatic heterocycles. The molecule has 0 N–H and O–H groups in total. The minimum atomic E-state index is 0.350. The molecule has 4 nitrogen and oxygen atoms in total. The van der Waals surface area contributed by atoms with E-state index < -0.39 is 0 Å². The largest absolute Gasteiger partial charge is 0.296 e.